The Labute approximate surface area is 116 Å². The molecule has 0 radical (unpaired) electrons. The smallest absolute Gasteiger partial charge is 0.246 e. The average Bonchev–Trinajstić information content (AvgIpc) is 2.79. The van der Waals surface area contributed by atoms with Crippen molar-refractivity contribution >= 4 is 15.7 Å². The van der Waals surface area contributed by atoms with Crippen LogP contribution in [0.25, 0.3) is 0 Å². The number of nitrogens with two attached hydrogens (primary N) is 1. The highest BCUT2D eigenvalue weighted by Gasteiger charge is 2.25. The predicted molar refractivity (Wildman–Crippen MR) is 69.5 cm³/mol. The quantitative estimate of drug-likeness (QED) is 0.802. The minimum Gasteiger partial charge on any atom is -0.399 e. The highest BCUT2D eigenvalue weighted by molar-refractivity contribution is 7.89. The van der Waals surface area contributed by atoms with E-state index in [2.05, 4.69) is 4.72 Å². The second kappa shape index (κ2) is 6.02. The van der Waals surface area contributed by atoms with Crippen molar-refractivity contribution in [2.45, 2.75) is 17.7 Å². The van der Waals surface area contributed by atoms with Crippen LogP contribution in [0.15, 0.2) is 17.0 Å². The molecule has 1 aliphatic heterocycles. The van der Waals surface area contributed by atoms with Crippen LogP contribution in [-0.4, -0.2) is 28.2 Å². The van der Waals surface area contributed by atoms with Crippen molar-refractivity contribution in [2.75, 3.05) is 25.5 Å². The maximum absolute atomic E-state index is 13.6. The lowest BCUT2D eigenvalue weighted by Gasteiger charge is -2.11. The molecule has 2 rings (SSSR count). The molecule has 0 bridgehead atoms. The Kier molecular flexibility index (Phi) is 4.56. The number of benzene rings is 1. The van der Waals surface area contributed by atoms with E-state index in [0.717, 1.165) is 18.6 Å². The molecule has 0 saturated carbocycles. The van der Waals surface area contributed by atoms with Crippen LogP contribution in [0.2, 0.25) is 0 Å². The van der Waals surface area contributed by atoms with Crippen LogP contribution in [0.5, 0.6) is 0 Å². The molecule has 8 heteroatoms. The SMILES string of the molecule is Nc1cc(F)c(S(=O)(=O)NCCC2CCOC2)c(F)c1. The van der Waals surface area contributed by atoms with Gasteiger partial charge in [-0.3, -0.25) is 0 Å². The summed E-state index contributed by atoms with van der Waals surface area (Å²) >= 11 is 0. The number of hydrogen-bond donors (Lipinski definition) is 2. The summed E-state index contributed by atoms with van der Waals surface area (Å²) < 4.78 is 58.3. The van der Waals surface area contributed by atoms with E-state index in [-0.39, 0.29) is 18.2 Å². The van der Waals surface area contributed by atoms with E-state index in [9.17, 15) is 17.2 Å². The topological polar surface area (TPSA) is 81.4 Å². The highest BCUT2D eigenvalue weighted by atomic mass is 32.2. The Bertz CT molecular complexity index is 563. The summed E-state index contributed by atoms with van der Waals surface area (Å²) in [6.45, 7) is 1.37. The number of nitrogen functional groups attached to an aromatic ring is 1. The van der Waals surface area contributed by atoms with Gasteiger partial charge in [0.1, 0.15) is 11.6 Å². The number of ether oxygens (including phenoxy) is 1. The van der Waals surface area contributed by atoms with Crippen molar-refractivity contribution in [3.63, 3.8) is 0 Å². The summed E-state index contributed by atoms with van der Waals surface area (Å²) in [5.41, 5.74) is 5.08. The van der Waals surface area contributed by atoms with Gasteiger partial charge in [0.15, 0.2) is 4.90 Å². The van der Waals surface area contributed by atoms with Crippen molar-refractivity contribution in [3.8, 4) is 0 Å². The van der Waals surface area contributed by atoms with Crippen LogP contribution in [0, 0.1) is 17.6 Å². The van der Waals surface area contributed by atoms with Crippen LogP contribution >= 0.6 is 0 Å². The van der Waals surface area contributed by atoms with E-state index < -0.39 is 26.6 Å². The largest absolute Gasteiger partial charge is 0.399 e. The summed E-state index contributed by atoms with van der Waals surface area (Å²) in [5.74, 6) is -2.11. The van der Waals surface area contributed by atoms with Crippen LogP contribution in [0.3, 0.4) is 0 Å². The van der Waals surface area contributed by atoms with Crippen molar-refractivity contribution in [1.29, 1.82) is 0 Å². The molecule has 1 aromatic rings. The van der Waals surface area contributed by atoms with Crippen LogP contribution in [0.1, 0.15) is 12.8 Å². The average molecular weight is 306 g/mol. The Morgan fingerprint density at radius 2 is 2.00 bits per heavy atom. The fourth-order valence-electron chi connectivity index (χ4n) is 2.12. The Balaban J connectivity index is 2.06. The molecule has 1 atom stereocenters. The molecule has 5 nitrogen and oxygen atoms in total. The Morgan fingerprint density at radius 3 is 2.55 bits per heavy atom. The lowest BCUT2D eigenvalue weighted by atomic mass is 10.1. The number of hydrogen-bond acceptors (Lipinski definition) is 4. The summed E-state index contributed by atoms with van der Waals surface area (Å²) in [4.78, 5) is -0.991. The van der Waals surface area contributed by atoms with Gasteiger partial charge >= 0.3 is 0 Å². The van der Waals surface area contributed by atoms with E-state index in [4.69, 9.17) is 10.5 Å². The van der Waals surface area contributed by atoms with Crippen LogP contribution in [0.4, 0.5) is 14.5 Å². The van der Waals surface area contributed by atoms with Gasteiger partial charge in [-0.25, -0.2) is 21.9 Å². The van der Waals surface area contributed by atoms with Crippen molar-refractivity contribution in [2.24, 2.45) is 5.92 Å². The number of rotatable bonds is 5. The molecule has 1 heterocycles. The molecule has 1 saturated heterocycles. The molecular weight excluding hydrogens is 290 g/mol. The van der Waals surface area contributed by atoms with Crippen molar-refractivity contribution in [1.82, 2.24) is 4.72 Å². The second-order valence-electron chi connectivity index (χ2n) is 4.73. The normalized spacial score (nSPS) is 19.4. The molecule has 112 valence electrons. The summed E-state index contributed by atoms with van der Waals surface area (Å²) in [6.07, 6.45) is 1.43. The van der Waals surface area contributed by atoms with Crippen molar-refractivity contribution in [3.05, 3.63) is 23.8 Å². The Morgan fingerprint density at radius 1 is 1.35 bits per heavy atom. The third-order valence-corrected chi connectivity index (χ3v) is 4.67. The van der Waals surface area contributed by atoms with Gasteiger partial charge in [0.05, 0.1) is 0 Å². The van der Waals surface area contributed by atoms with Gasteiger partial charge in [-0.2, -0.15) is 0 Å². The van der Waals surface area contributed by atoms with Gasteiger partial charge < -0.3 is 10.5 Å². The van der Waals surface area contributed by atoms with Crippen LogP contribution < -0.4 is 10.5 Å². The third-order valence-electron chi connectivity index (χ3n) is 3.16. The molecule has 3 N–H and O–H groups in total. The van der Waals surface area contributed by atoms with Gasteiger partial charge in [0.2, 0.25) is 10.0 Å². The maximum Gasteiger partial charge on any atom is 0.246 e. The molecule has 0 aliphatic carbocycles. The van der Waals surface area contributed by atoms with Crippen molar-refractivity contribution < 1.29 is 21.9 Å². The highest BCUT2D eigenvalue weighted by Crippen LogP contribution is 2.22. The first-order valence-electron chi connectivity index (χ1n) is 6.22. The monoisotopic (exact) mass is 306 g/mol. The molecule has 0 spiro atoms. The number of anilines is 1. The first-order chi connectivity index (χ1) is 9.40. The molecular formula is C12H16F2N2O3S. The third kappa shape index (κ3) is 3.44. The van der Waals surface area contributed by atoms with Gasteiger partial charge in [-0.05, 0) is 30.9 Å². The van der Waals surface area contributed by atoms with Gasteiger partial charge in [-0.1, -0.05) is 0 Å². The first kappa shape index (κ1) is 15.1. The molecule has 0 amide bonds. The minimum absolute atomic E-state index is 0.111. The summed E-state index contributed by atoms with van der Waals surface area (Å²) in [7, 11) is -4.23. The zero-order valence-electron chi connectivity index (χ0n) is 10.7. The maximum atomic E-state index is 13.6. The van der Waals surface area contributed by atoms with E-state index in [1.807, 2.05) is 0 Å². The van der Waals surface area contributed by atoms with E-state index >= 15 is 0 Å². The van der Waals surface area contributed by atoms with Crippen LogP contribution in [-0.2, 0) is 14.8 Å². The number of halogens is 2. The fraction of sp³-hybridized carbons (Fsp3) is 0.500. The van der Waals surface area contributed by atoms with Gasteiger partial charge in [0, 0.05) is 25.4 Å². The second-order valence-corrected chi connectivity index (χ2v) is 6.43. The molecule has 1 aromatic carbocycles. The zero-order chi connectivity index (χ0) is 14.8. The minimum atomic E-state index is -4.23. The van der Waals surface area contributed by atoms with E-state index in [1.165, 1.54) is 0 Å². The lowest BCUT2D eigenvalue weighted by molar-refractivity contribution is 0.184. The molecule has 1 fully saturated rings. The lowest BCUT2D eigenvalue weighted by Crippen LogP contribution is -2.28. The summed E-state index contributed by atoms with van der Waals surface area (Å²) in [6, 6.07) is 1.56. The van der Waals surface area contributed by atoms with Gasteiger partial charge in [0.25, 0.3) is 0 Å². The molecule has 1 aliphatic rings. The standard InChI is InChI=1S/C12H16F2N2O3S/c13-10-5-9(15)6-11(14)12(10)20(17,18)16-3-1-8-2-4-19-7-8/h5-6,8,16H,1-4,7,15H2. The number of sulfonamides is 1. The fourth-order valence-corrected chi connectivity index (χ4v) is 3.28. The number of nitrogens with one attached hydrogen (secondary N) is 1. The Hall–Kier alpha value is -1.25. The van der Waals surface area contributed by atoms with Gasteiger partial charge in [-0.15, -0.1) is 0 Å². The molecule has 20 heavy (non-hydrogen) atoms. The first-order valence-corrected chi connectivity index (χ1v) is 7.70. The molecule has 0 aromatic heterocycles. The van der Waals surface area contributed by atoms with E-state index in [1.54, 1.807) is 0 Å². The molecule has 1 unspecified atom stereocenters. The van der Waals surface area contributed by atoms with E-state index in [0.29, 0.717) is 19.6 Å². The summed E-state index contributed by atoms with van der Waals surface area (Å²) in [5, 5.41) is 0. The predicted octanol–water partition coefficient (Wildman–Crippen LogP) is 1.25. The zero-order valence-corrected chi connectivity index (χ0v) is 11.6.